The van der Waals surface area contributed by atoms with E-state index in [1.165, 1.54) is 11.6 Å². The van der Waals surface area contributed by atoms with Crippen LogP contribution in [0.2, 0.25) is 10.0 Å². The molecule has 0 saturated carbocycles. The van der Waals surface area contributed by atoms with Crippen molar-refractivity contribution in [2.75, 3.05) is 12.0 Å². The zero-order valence-electron chi connectivity index (χ0n) is 15.2. The summed E-state index contributed by atoms with van der Waals surface area (Å²) in [5, 5.41) is 10.5. The number of nitrogens with zero attached hydrogens (tertiary/aromatic N) is 3. The van der Waals surface area contributed by atoms with Gasteiger partial charge < -0.3 is 0 Å². The molecule has 29 heavy (non-hydrogen) atoms. The van der Waals surface area contributed by atoms with E-state index in [0.29, 0.717) is 21.2 Å². The van der Waals surface area contributed by atoms with Gasteiger partial charge in [0, 0.05) is 28.2 Å². The predicted molar refractivity (Wildman–Crippen MR) is 112 cm³/mol. The Morgan fingerprint density at radius 3 is 2.28 bits per heavy atom. The summed E-state index contributed by atoms with van der Waals surface area (Å²) in [5.41, 5.74) is 6.20. The number of hydrogen-bond donors (Lipinski definition) is 2. The van der Waals surface area contributed by atoms with Crippen molar-refractivity contribution < 1.29 is 4.79 Å². The summed E-state index contributed by atoms with van der Waals surface area (Å²) in [6.45, 7) is -0.0478. The molecule has 1 aromatic heterocycles. The summed E-state index contributed by atoms with van der Waals surface area (Å²) >= 11 is 11.7. The van der Waals surface area contributed by atoms with Crippen LogP contribution >= 0.6 is 23.2 Å². The molecule has 3 rings (SSSR count). The van der Waals surface area contributed by atoms with Crippen molar-refractivity contribution in [2.45, 2.75) is 0 Å². The third kappa shape index (κ3) is 4.63. The Morgan fingerprint density at radius 1 is 1.10 bits per heavy atom. The van der Waals surface area contributed by atoms with Gasteiger partial charge in [-0.05, 0) is 36.4 Å². The summed E-state index contributed by atoms with van der Waals surface area (Å²) in [6, 6.07) is 15.1. The minimum atomic E-state index is -0.513. The summed E-state index contributed by atoms with van der Waals surface area (Å²) in [5.74, 6) is -0.0198. The molecule has 9 heteroatoms. The smallest absolute Gasteiger partial charge is 0.273 e. The van der Waals surface area contributed by atoms with Crippen molar-refractivity contribution in [2.24, 2.45) is 7.05 Å². The lowest BCUT2D eigenvalue weighted by atomic mass is 10.1. The minimum Gasteiger partial charge on any atom is -0.293 e. The molecular weight excluding hydrogens is 413 g/mol. The number of carbonyl (C=O) groups excluding carboxylic acids is 1. The van der Waals surface area contributed by atoms with Crippen molar-refractivity contribution in [1.29, 1.82) is 5.26 Å². The summed E-state index contributed by atoms with van der Waals surface area (Å²) in [6.07, 6.45) is 0. The summed E-state index contributed by atoms with van der Waals surface area (Å²) in [7, 11) is 1.48. The lowest BCUT2D eigenvalue weighted by Crippen LogP contribution is -2.33. The fraction of sp³-hybridized carbons (Fsp3) is 0.100. The Balaban J connectivity index is 1.83. The van der Waals surface area contributed by atoms with Gasteiger partial charge in [0.25, 0.3) is 5.56 Å². The van der Waals surface area contributed by atoms with Crippen LogP contribution in [-0.2, 0) is 7.05 Å². The van der Waals surface area contributed by atoms with E-state index in [4.69, 9.17) is 23.2 Å². The van der Waals surface area contributed by atoms with Crippen LogP contribution in [0.3, 0.4) is 0 Å². The van der Waals surface area contributed by atoms with Gasteiger partial charge in [0.15, 0.2) is 5.78 Å². The van der Waals surface area contributed by atoms with E-state index in [1.807, 2.05) is 6.07 Å². The van der Waals surface area contributed by atoms with Crippen LogP contribution in [0.25, 0.3) is 11.3 Å². The Bertz CT molecular complexity index is 1150. The molecule has 0 aliphatic carbocycles. The van der Waals surface area contributed by atoms with Crippen LogP contribution in [0.15, 0.2) is 53.3 Å². The van der Waals surface area contributed by atoms with Crippen molar-refractivity contribution >= 4 is 34.9 Å². The number of carbonyl (C=O) groups is 1. The van der Waals surface area contributed by atoms with Crippen molar-refractivity contribution in [3.05, 3.63) is 80.1 Å². The van der Waals surface area contributed by atoms with Crippen molar-refractivity contribution in [3.63, 3.8) is 0 Å². The molecule has 0 unspecified atom stereocenters. The first-order chi connectivity index (χ1) is 13.9. The molecule has 3 aromatic rings. The number of benzene rings is 2. The molecule has 0 spiro atoms. The second-order valence-electron chi connectivity index (χ2n) is 6.05. The number of aromatic nitrogens is 2. The highest BCUT2D eigenvalue weighted by Crippen LogP contribution is 2.22. The maximum atomic E-state index is 12.6. The van der Waals surface area contributed by atoms with Crippen LogP contribution in [0.1, 0.15) is 15.9 Å². The van der Waals surface area contributed by atoms with Gasteiger partial charge in [0.1, 0.15) is 11.6 Å². The topological polar surface area (TPSA) is 99.8 Å². The molecule has 0 atom stereocenters. The van der Waals surface area contributed by atoms with Gasteiger partial charge in [-0.15, -0.1) is 0 Å². The maximum absolute atomic E-state index is 12.6. The van der Waals surface area contributed by atoms with Gasteiger partial charge in [0.2, 0.25) is 5.95 Å². The number of nitrogens with one attached hydrogen (secondary N) is 2. The van der Waals surface area contributed by atoms with E-state index in [0.717, 1.165) is 0 Å². The van der Waals surface area contributed by atoms with Crippen molar-refractivity contribution in [1.82, 2.24) is 15.0 Å². The first-order valence-electron chi connectivity index (χ1n) is 8.45. The third-order valence-electron chi connectivity index (χ3n) is 4.14. The number of rotatable bonds is 6. The lowest BCUT2D eigenvalue weighted by Gasteiger charge is -2.13. The number of Topliss-reactive ketones (excluding diaryl/α,β-unsaturated/α-hetero) is 1. The monoisotopic (exact) mass is 427 g/mol. The Kier molecular flexibility index (Phi) is 6.29. The van der Waals surface area contributed by atoms with E-state index in [2.05, 4.69) is 15.8 Å². The van der Waals surface area contributed by atoms with E-state index < -0.39 is 5.56 Å². The highest BCUT2D eigenvalue weighted by molar-refractivity contribution is 6.31. The second-order valence-corrected chi connectivity index (χ2v) is 6.92. The van der Waals surface area contributed by atoms with Gasteiger partial charge in [-0.2, -0.15) is 5.26 Å². The van der Waals surface area contributed by atoms with Gasteiger partial charge >= 0.3 is 0 Å². The largest absolute Gasteiger partial charge is 0.293 e. The zero-order chi connectivity index (χ0) is 21.0. The number of nitriles is 1. The minimum absolute atomic E-state index is 0.0478. The summed E-state index contributed by atoms with van der Waals surface area (Å²) in [4.78, 5) is 29.2. The first-order valence-corrected chi connectivity index (χ1v) is 9.21. The Hall–Kier alpha value is -3.18. The Morgan fingerprint density at radius 2 is 1.69 bits per heavy atom. The van der Waals surface area contributed by atoms with E-state index in [9.17, 15) is 14.9 Å². The number of anilines is 1. The van der Waals surface area contributed by atoms with E-state index in [-0.39, 0.29) is 29.5 Å². The van der Waals surface area contributed by atoms with E-state index in [1.54, 1.807) is 48.5 Å². The maximum Gasteiger partial charge on any atom is 0.273 e. The van der Waals surface area contributed by atoms with Gasteiger partial charge in [-0.1, -0.05) is 35.3 Å². The molecule has 2 N–H and O–H groups in total. The highest BCUT2D eigenvalue weighted by atomic mass is 35.5. The molecule has 146 valence electrons. The molecule has 0 aliphatic heterocycles. The molecular formula is C20H15Cl2N5O2. The first kappa shape index (κ1) is 20.6. The molecule has 0 bridgehead atoms. The average molecular weight is 428 g/mol. The average Bonchev–Trinajstić information content (AvgIpc) is 2.72. The number of hydrazine groups is 1. The fourth-order valence-corrected chi connectivity index (χ4v) is 2.82. The molecule has 1 heterocycles. The quantitative estimate of drug-likeness (QED) is 0.461. The van der Waals surface area contributed by atoms with E-state index >= 15 is 0 Å². The van der Waals surface area contributed by atoms with Gasteiger partial charge in [-0.25, -0.2) is 10.4 Å². The molecule has 0 fully saturated rings. The standard InChI is InChI=1S/C20H15Cl2N5O2/c1-27-19(29)16(10-23)18(13-4-8-15(22)9-5-13)25-20(27)26-24-11-17(28)12-2-6-14(21)7-3-12/h2-9,24H,11H2,1H3,(H,25,26). The summed E-state index contributed by atoms with van der Waals surface area (Å²) < 4.78 is 1.19. The lowest BCUT2D eigenvalue weighted by molar-refractivity contribution is 0.0993. The molecule has 0 radical (unpaired) electrons. The molecule has 2 aromatic carbocycles. The van der Waals surface area contributed by atoms with Gasteiger partial charge in [0.05, 0.1) is 12.2 Å². The fourth-order valence-electron chi connectivity index (χ4n) is 2.57. The van der Waals surface area contributed by atoms with Crippen LogP contribution in [-0.4, -0.2) is 21.9 Å². The van der Waals surface area contributed by atoms with Crippen LogP contribution in [0, 0.1) is 11.3 Å². The predicted octanol–water partition coefficient (Wildman–Crippen LogP) is 3.43. The number of hydrogen-bond acceptors (Lipinski definition) is 6. The number of halogens is 2. The van der Waals surface area contributed by atoms with Crippen LogP contribution < -0.4 is 16.4 Å². The molecule has 7 nitrogen and oxygen atoms in total. The molecule has 0 saturated heterocycles. The SMILES string of the molecule is Cn1c(NNCC(=O)c2ccc(Cl)cc2)nc(-c2ccc(Cl)cc2)c(C#N)c1=O. The Labute approximate surface area is 176 Å². The highest BCUT2D eigenvalue weighted by Gasteiger charge is 2.16. The molecule has 0 aliphatic rings. The normalized spacial score (nSPS) is 10.4. The third-order valence-corrected chi connectivity index (χ3v) is 4.64. The number of ketones is 1. The zero-order valence-corrected chi connectivity index (χ0v) is 16.8. The second kappa shape index (κ2) is 8.88. The molecule has 0 amide bonds. The van der Waals surface area contributed by atoms with Crippen molar-refractivity contribution in [3.8, 4) is 17.3 Å². The van der Waals surface area contributed by atoms with Gasteiger partial charge in [-0.3, -0.25) is 19.6 Å². The van der Waals surface area contributed by atoms with Crippen LogP contribution in [0.4, 0.5) is 5.95 Å². The van der Waals surface area contributed by atoms with Crippen LogP contribution in [0.5, 0.6) is 0 Å².